The lowest BCUT2D eigenvalue weighted by molar-refractivity contribution is -0.166. The molecule has 2 unspecified atom stereocenters. The van der Waals surface area contributed by atoms with Crippen LogP contribution in [0.5, 0.6) is 5.75 Å². The van der Waals surface area contributed by atoms with Crippen LogP contribution >= 0.6 is 12.4 Å². The molecule has 2 atom stereocenters. The van der Waals surface area contributed by atoms with Gasteiger partial charge in [-0.25, -0.2) is 0 Å². The molecule has 0 radical (unpaired) electrons. The Morgan fingerprint density at radius 1 is 1.50 bits per heavy atom. The molecular formula is C16H25ClN2O3. The van der Waals surface area contributed by atoms with Gasteiger partial charge in [0.05, 0.1) is 11.8 Å². The first-order valence-electron chi connectivity index (χ1n) is 7.24. The van der Waals surface area contributed by atoms with E-state index in [2.05, 4.69) is 5.32 Å². The second kappa shape index (κ2) is 6.44. The van der Waals surface area contributed by atoms with Gasteiger partial charge in [0.25, 0.3) is 0 Å². The molecule has 1 fully saturated rings. The number of amides is 1. The van der Waals surface area contributed by atoms with Crippen molar-refractivity contribution in [1.29, 1.82) is 0 Å². The Bertz CT molecular complexity index is 562. The lowest BCUT2D eigenvalue weighted by Crippen LogP contribution is -2.74. The first kappa shape index (κ1) is 18.7. The van der Waals surface area contributed by atoms with Crippen molar-refractivity contribution < 1.29 is 14.6 Å². The van der Waals surface area contributed by atoms with E-state index in [0.29, 0.717) is 18.7 Å². The summed E-state index contributed by atoms with van der Waals surface area (Å²) < 4.78 is 5.62. The fraction of sp³-hybridized carbons (Fsp3) is 0.562. The number of benzene rings is 1. The van der Waals surface area contributed by atoms with Gasteiger partial charge in [0, 0.05) is 18.4 Å². The van der Waals surface area contributed by atoms with E-state index in [0.717, 1.165) is 5.56 Å². The third-order valence-electron chi connectivity index (χ3n) is 4.64. The van der Waals surface area contributed by atoms with Crippen molar-refractivity contribution in [3.05, 3.63) is 23.8 Å². The van der Waals surface area contributed by atoms with E-state index >= 15 is 0 Å². The Hall–Kier alpha value is -1.30. The number of ether oxygens (including phenoxy) is 1. The van der Waals surface area contributed by atoms with Crippen LogP contribution in [0, 0.1) is 12.3 Å². The standard InChI is InChI=1S/C16H24N2O3.ClH/c1-5-21-13-9-16(17,15(13,3)4)14(20)18-11-8-10(2)6-7-12(11)19;/h6-8,13,19H,5,9,17H2,1-4H3,(H,18,20);1H. The van der Waals surface area contributed by atoms with Gasteiger partial charge in [-0.1, -0.05) is 19.9 Å². The summed E-state index contributed by atoms with van der Waals surface area (Å²) in [5, 5.41) is 12.6. The number of aryl methyl sites for hydroxylation is 1. The number of rotatable bonds is 4. The molecule has 1 aromatic carbocycles. The smallest absolute Gasteiger partial charge is 0.245 e. The lowest BCUT2D eigenvalue weighted by Gasteiger charge is -2.57. The minimum atomic E-state index is -0.997. The summed E-state index contributed by atoms with van der Waals surface area (Å²) >= 11 is 0. The Morgan fingerprint density at radius 2 is 2.14 bits per heavy atom. The molecule has 0 saturated heterocycles. The third kappa shape index (κ3) is 2.93. The number of aromatic hydroxyl groups is 1. The molecule has 5 nitrogen and oxygen atoms in total. The fourth-order valence-electron chi connectivity index (χ4n) is 2.80. The number of carbonyl (C=O) groups excluding carboxylic acids is 1. The first-order valence-corrected chi connectivity index (χ1v) is 7.24. The highest BCUT2D eigenvalue weighted by Gasteiger charge is 2.62. The highest BCUT2D eigenvalue weighted by molar-refractivity contribution is 6.00. The molecule has 1 aliphatic carbocycles. The SMILES string of the molecule is CCOC1CC(N)(C(=O)Nc2cc(C)ccc2O)C1(C)C.Cl. The largest absolute Gasteiger partial charge is 0.506 e. The number of phenolic OH excluding ortho intramolecular Hbond substituents is 1. The Balaban J connectivity index is 0.00000242. The molecule has 1 saturated carbocycles. The van der Waals surface area contributed by atoms with Crippen LogP contribution in [0.25, 0.3) is 0 Å². The van der Waals surface area contributed by atoms with E-state index in [9.17, 15) is 9.90 Å². The van der Waals surface area contributed by atoms with Gasteiger partial charge in [0.1, 0.15) is 11.3 Å². The third-order valence-corrected chi connectivity index (χ3v) is 4.64. The molecule has 1 aromatic rings. The second-order valence-corrected chi connectivity index (χ2v) is 6.32. The number of carbonyl (C=O) groups is 1. The van der Waals surface area contributed by atoms with Gasteiger partial charge in [-0.2, -0.15) is 0 Å². The first-order chi connectivity index (χ1) is 9.72. The Labute approximate surface area is 137 Å². The molecule has 0 aromatic heterocycles. The second-order valence-electron chi connectivity index (χ2n) is 6.32. The van der Waals surface area contributed by atoms with Crippen molar-refractivity contribution in [1.82, 2.24) is 0 Å². The predicted molar refractivity (Wildman–Crippen MR) is 89.5 cm³/mol. The number of anilines is 1. The summed E-state index contributed by atoms with van der Waals surface area (Å²) in [7, 11) is 0. The minimum Gasteiger partial charge on any atom is -0.506 e. The van der Waals surface area contributed by atoms with Crippen molar-refractivity contribution in [3.8, 4) is 5.75 Å². The number of nitrogens with one attached hydrogen (secondary N) is 1. The maximum atomic E-state index is 12.5. The summed E-state index contributed by atoms with van der Waals surface area (Å²) in [6.45, 7) is 8.30. The topological polar surface area (TPSA) is 84.6 Å². The molecule has 22 heavy (non-hydrogen) atoms. The zero-order valence-corrected chi connectivity index (χ0v) is 14.3. The zero-order valence-electron chi connectivity index (χ0n) is 13.5. The summed E-state index contributed by atoms with van der Waals surface area (Å²) in [6, 6.07) is 5.06. The molecule has 0 bridgehead atoms. The van der Waals surface area contributed by atoms with Gasteiger partial charge in [-0.3, -0.25) is 4.79 Å². The number of phenols is 1. The quantitative estimate of drug-likeness (QED) is 0.742. The van der Waals surface area contributed by atoms with Crippen LogP contribution in [-0.2, 0) is 9.53 Å². The number of nitrogens with two attached hydrogens (primary N) is 1. The average Bonchev–Trinajstić information content (AvgIpc) is 2.42. The monoisotopic (exact) mass is 328 g/mol. The summed E-state index contributed by atoms with van der Waals surface area (Å²) in [6.07, 6.45) is 0.455. The minimum absolute atomic E-state index is 0. The lowest BCUT2D eigenvalue weighted by atomic mass is 9.54. The molecule has 124 valence electrons. The maximum Gasteiger partial charge on any atom is 0.245 e. The predicted octanol–water partition coefficient (Wildman–Crippen LogP) is 2.59. The van der Waals surface area contributed by atoms with Crippen molar-refractivity contribution in [2.45, 2.75) is 45.8 Å². The van der Waals surface area contributed by atoms with E-state index < -0.39 is 11.0 Å². The highest BCUT2D eigenvalue weighted by Crippen LogP contribution is 2.50. The number of hydrogen-bond acceptors (Lipinski definition) is 4. The molecule has 6 heteroatoms. The van der Waals surface area contributed by atoms with Crippen LogP contribution in [0.3, 0.4) is 0 Å². The van der Waals surface area contributed by atoms with E-state index in [4.69, 9.17) is 10.5 Å². The van der Waals surface area contributed by atoms with Gasteiger partial charge >= 0.3 is 0 Å². The van der Waals surface area contributed by atoms with E-state index in [1.807, 2.05) is 27.7 Å². The van der Waals surface area contributed by atoms with Crippen molar-refractivity contribution in [2.24, 2.45) is 11.1 Å². The summed E-state index contributed by atoms with van der Waals surface area (Å²) in [4.78, 5) is 12.5. The molecule has 2 rings (SSSR count). The number of halogens is 1. The van der Waals surface area contributed by atoms with Gasteiger partial charge in [-0.15, -0.1) is 12.4 Å². The van der Waals surface area contributed by atoms with Gasteiger partial charge < -0.3 is 20.9 Å². The summed E-state index contributed by atoms with van der Waals surface area (Å²) in [5.41, 5.74) is 6.20. The van der Waals surface area contributed by atoms with Crippen LogP contribution in [0.1, 0.15) is 32.8 Å². The van der Waals surface area contributed by atoms with E-state index in [1.165, 1.54) is 0 Å². The van der Waals surface area contributed by atoms with Gasteiger partial charge in [0.2, 0.25) is 5.91 Å². The fourth-order valence-corrected chi connectivity index (χ4v) is 2.80. The van der Waals surface area contributed by atoms with Gasteiger partial charge in [0.15, 0.2) is 0 Å². The van der Waals surface area contributed by atoms with Crippen LogP contribution in [0.4, 0.5) is 5.69 Å². The molecule has 0 aliphatic heterocycles. The zero-order chi connectivity index (χ0) is 15.8. The molecule has 0 spiro atoms. The Kier molecular flexibility index (Phi) is 5.49. The molecular weight excluding hydrogens is 304 g/mol. The average molecular weight is 329 g/mol. The summed E-state index contributed by atoms with van der Waals surface area (Å²) in [5.74, 6) is -0.250. The van der Waals surface area contributed by atoms with Gasteiger partial charge in [-0.05, 0) is 31.5 Å². The van der Waals surface area contributed by atoms with Crippen LogP contribution in [0.2, 0.25) is 0 Å². The molecule has 0 heterocycles. The maximum absolute atomic E-state index is 12.5. The van der Waals surface area contributed by atoms with Crippen LogP contribution in [0.15, 0.2) is 18.2 Å². The normalized spacial score (nSPS) is 25.8. The van der Waals surface area contributed by atoms with E-state index in [-0.39, 0.29) is 30.2 Å². The van der Waals surface area contributed by atoms with Crippen molar-refractivity contribution in [3.63, 3.8) is 0 Å². The Morgan fingerprint density at radius 3 is 2.68 bits per heavy atom. The molecule has 4 N–H and O–H groups in total. The van der Waals surface area contributed by atoms with Crippen molar-refractivity contribution in [2.75, 3.05) is 11.9 Å². The van der Waals surface area contributed by atoms with Crippen molar-refractivity contribution >= 4 is 24.0 Å². The molecule has 1 amide bonds. The highest BCUT2D eigenvalue weighted by atomic mass is 35.5. The molecule has 1 aliphatic rings. The van der Waals surface area contributed by atoms with Crippen LogP contribution < -0.4 is 11.1 Å². The number of hydrogen-bond donors (Lipinski definition) is 3. The van der Waals surface area contributed by atoms with E-state index in [1.54, 1.807) is 18.2 Å². The van der Waals surface area contributed by atoms with Crippen LogP contribution in [-0.4, -0.2) is 29.3 Å².